The van der Waals surface area contributed by atoms with E-state index >= 15 is 0 Å². The van der Waals surface area contributed by atoms with Crippen LogP contribution in [0.25, 0.3) is 10.2 Å². The van der Waals surface area contributed by atoms with Crippen molar-refractivity contribution in [3.63, 3.8) is 0 Å². The molecule has 1 aromatic heterocycles. The van der Waals surface area contributed by atoms with Crippen LogP contribution < -0.4 is 15.5 Å². The number of nitrogens with zero attached hydrogens (tertiary/aromatic N) is 2. The molecule has 4 rings (SSSR count). The number of aryl methyl sites for hydroxylation is 1. The van der Waals surface area contributed by atoms with Crippen LogP contribution in [-0.4, -0.2) is 29.9 Å². The Bertz CT molecular complexity index is 1050. The van der Waals surface area contributed by atoms with Crippen LogP contribution in [0, 0.1) is 6.92 Å². The second-order valence-corrected chi connectivity index (χ2v) is 8.80. The first-order chi connectivity index (χ1) is 14.5. The van der Waals surface area contributed by atoms with Crippen molar-refractivity contribution in [2.75, 3.05) is 23.3 Å². The predicted octanol–water partition coefficient (Wildman–Crippen LogP) is 4.41. The quantitative estimate of drug-likeness (QED) is 0.617. The number of carbonyl (C=O) groups excluding carboxylic acids is 2. The van der Waals surface area contributed by atoms with Gasteiger partial charge in [-0.25, -0.2) is 4.98 Å². The minimum Gasteiger partial charge on any atom is -0.349 e. The summed E-state index contributed by atoms with van der Waals surface area (Å²) in [7, 11) is 0. The highest BCUT2D eigenvalue weighted by Gasteiger charge is 2.19. The fourth-order valence-electron chi connectivity index (χ4n) is 3.73. The lowest BCUT2D eigenvalue weighted by molar-refractivity contribution is -0.120. The summed E-state index contributed by atoms with van der Waals surface area (Å²) in [5.74, 6) is -0.299. The molecule has 0 aliphatic carbocycles. The summed E-state index contributed by atoms with van der Waals surface area (Å²) >= 11 is 1.66. The average Bonchev–Trinajstić information content (AvgIpc) is 3.37. The van der Waals surface area contributed by atoms with Gasteiger partial charge in [0.05, 0.1) is 22.7 Å². The molecule has 6 nitrogen and oxygen atoms in total. The lowest BCUT2D eigenvalue weighted by Crippen LogP contribution is -2.29. The van der Waals surface area contributed by atoms with Crippen molar-refractivity contribution < 1.29 is 9.59 Å². The molecule has 2 heterocycles. The van der Waals surface area contributed by atoms with Gasteiger partial charge in [0.1, 0.15) is 0 Å². The molecule has 2 amide bonds. The zero-order valence-corrected chi connectivity index (χ0v) is 18.1. The second-order valence-electron chi connectivity index (χ2n) is 7.79. The van der Waals surface area contributed by atoms with Crippen molar-refractivity contribution in [3.8, 4) is 0 Å². The van der Waals surface area contributed by atoms with Gasteiger partial charge in [-0.3, -0.25) is 9.59 Å². The van der Waals surface area contributed by atoms with E-state index in [-0.39, 0.29) is 24.3 Å². The Morgan fingerprint density at radius 2 is 1.87 bits per heavy atom. The first-order valence-corrected chi connectivity index (χ1v) is 11.1. The van der Waals surface area contributed by atoms with E-state index in [1.807, 2.05) is 49.4 Å². The number of hydrogen-bond acceptors (Lipinski definition) is 5. The summed E-state index contributed by atoms with van der Waals surface area (Å²) in [6, 6.07) is 13.3. The maximum atomic E-state index is 12.7. The molecule has 7 heteroatoms. The topological polar surface area (TPSA) is 74.3 Å². The summed E-state index contributed by atoms with van der Waals surface area (Å²) in [4.78, 5) is 31.4. The van der Waals surface area contributed by atoms with Gasteiger partial charge in [-0.15, -0.1) is 0 Å². The fourth-order valence-corrected chi connectivity index (χ4v) is 4.78. The molecule has 1 aliphatic rings. The molecule has 0 bridgehead atoms. The second kappa shape index (κ2) is 8.83. The summed E-state index contributed by atoms with van der Waals surface area (Å²) in [6.45, 7) is 5.60. The summed E-state index contributed by atoms with van der Waals surface area (Å²) in [5.41, 5.74) is 3.75. The SMILES string of the molecule is CC(=O)NC(CC(=O)Nc1ccc2nc(N3CCCC3)sc2c1)c1ccc(C)cc1. The van der Waals surface area contributed by atoms with Crippen molar-refractivity contribution in [1.82, 2.24) is 10.3 Å². The molecule has 0 spiro atoms. The van der Waals surface area contributed by atoms with E-state index in [2.05, 4.69) is 15.5 Å². The standard InChI is InChI=1S/C23H26N4O2S/c1-15-5-7-17(8-6-15)20(24-16(2)28)14-22(29)25-18-9-10-19-21(13-18)30-23(26-19)27-11-3-4-12-27/h5-10,13,20H,3-4,11-12,14H2,1-2H3,(H,24,28)(H,25,29). The van der Waals surface area contributed by atoms with Gasteiger partial charge in [-0.05, 0) is 43.5 Å². The number of rotatable bonds is 6. The largest absolute Gasteiger partial charge is 0.349 e. The lowest BCUT2D eigenvalue weighted by atomic mass is 10.0. The number of amides is 2. The van der Waals surface area contributed by atoms with Gasteiger partial charge < -0.3 is 15.5 Å². The summed E-state index contributed by atoms with van der Waals surface area (Å²) in [5, 5.41) is 6.91. The number of fused-ring (bicyclic) bond motifs is 1. The Balaban J connectivity index is 1.46. The summed E-state index contributed by atoms with van der Waals surface area (Å²) < 4.78 is 1.06. The lowest BCUT2D eigenvalue weighted by Gasteiger charge is -2.18. The Kier molecular flexibility index (Phi) is 5.99. The van der Waals surface area contributed by atoms with Gasteiger partial charge in [0.25, 0.3) is 0 Å². The third-order valence-electron chi connectivity index (χ3n) is 5.28. The van der Waals surface area contributed by atoms with Crippen molar-refractivity contribution in [3.05, 3.63) is 53.6 Å². The fraction of sp³-hybridized carbons (Fsp3) is 0.348. The maximum absolute atomic E-state index is 12.7. The van der Waals surface area contributed by atoms with Gasteiger partial charge >= 0.3 is 0 Å². The highest BCUT2D eigenvalue weighted by molar-refractivity contribution is 7.22. The van der Waals surface area contributed by atoms with Gasteiger partial charge in [-0.2, -0.15) is 0 Å². The molecule has 1 atom stereocenters. The van der Waals surface area contributed by atoms with Crippen LogP contribution in [0.3, 0.4) is 0 Å². The Morgan fingerprint density at radius 1 is 1.13 bits per heavy atom. The van der Waals surface area contributed by atoms with E-state index in [0.717, 1.165) is 45.3 Å². The van der Waals surface area contributed by atoms with Gasteiger partial charge in [0.2, 0.25) is 11.8 Å². The van der Waals surface area contributed by atoms with Crippen molar-refractivity contribution in [2.45, 2.75) is 39.2 Å². The van der Waals surface area contributed by atoms with E-state index in [1.54, 1.807) is 11.3 Å². The van der Waals surface area contributed by atoms with Crippen LogP contribution in [0.2, 0.25) is 0 Å². The van der Waals surface area contributed by atoms with E-state index < -0.39 is 0 Å². The summed E-state index contributed by atoms with van der Waals surface area (Å²) in [6.07, 6.45) is 2.60. The molecule has 3 aromatic rings. The zero-order chi connectivity index (χ0) is 21.1. The Morgan fingerprint density at radius 3 is 2.57 bits per heavy atom. The molecular weight excluding hydrogens is 396 g/mol. The van der Waals surface area contributed by atoms with Crippen LogP contribution in [0.15, 0.2) is 42.5 Å². The number of carbonyl (C=O) groups is 2. The zero-order valence-electron chi connectivity index (χ0n) is 17.3. The molecule has 156 valence electrons. The number of anilines is 2. The smallest absolute Gasteiger partial charge is 0.226 e. The molecule has 30 heavy (non-hydrogen) atoms. The van der Waals surface area contributed by atoms with Crippen LogP contribution in [0.5, 0.6) is 0 Å². The predicted molar refractivity (Wildman–Crippen MR) is 122 cm³/mol. The van der Waals surface area contributed by atoms with Gasteiger partial charge in [0, 0.05) is 25.7 Å². The molecule has 1 fully saturated rings. The molecule has 1 saturated heterocycles. The van der Waals surface area contributed by atoms with E-state index in [0.29, 0.717) is 0 Å². The maximum Gasteiger partial charge on any atom is 0.226 e. The van der Waals surface area contributed by atoms with Crippen LogP contribution in [0.4, 0.5) is 10.8 Å². The van der Waals surface area contributed by atoms with E-state index in [9.17, 15) is 9.59 Å². The monoisotopic (exact) mass is 422 g/mol. The third-order valence-corrected chi connectivity index (χ3v) is 6.36. The normalized spacial score (nSPS) is 14.7. The molecule has 1 unspecified atom stereocenters. The van der Waals surface area contributed by atoms with E-state index in [1.165, 1.54) is 19.8 Å². The molecule has 0 saturated carbocycles. The van der Waals surface area contributed by atoms with Crippen LogP contribution in [0.1, 0.15) is 43.4 Å². The van der Waals surface area contributed by atoms with Crippen LogP contribution in [-0.2, 0) is 9.59 Å². The Hall–Kier alpha value is -2.93. The molecular formula is C23H26N4O2S. The van der Waals surface area contributed by atoms with Crippen LogP contribution >= 0.6 is 11.3 Å². The third kappa shape index (κ3) is 4.79. The number of thiazole rings is 1. The number of nitrogens with one attached hydrogen (secondary N) is 2. The minimum atomic E-state index is -0.364. The number of benzene rings is 2. The first-order valence-electron chi connectivity index (χ1n) is 10.3. The molecule has 2 N–H and O–H groups in total. The minimum absolute atomic E-state index is 0.141. The molecule has 1 aliphatic heterocycles. The molecule has 0 radical (unpaired) electrons. The van der Waals surface area contributed by atoms with Crippen molar-refractivity contribution in [2.24, 2.45) is 0 Å². The Labute approximate surface area is 180 Å². The first kappa shape index (κ1) is 20.3. The average molecular weight is 423 g/mol. The van der Waals surface area contributed by atoms with Gasteiger partial charge in [0.15, 0.2) is 5.13 Å². The number of hydrogen-bond donors (Lipinski definition) is 2. The molecule has 2 aromatic carbocycles. The number of aromatic nitrogens is 1. The highest BCUT2D eigenvalue weighted by atomic mass is 32.1. The van der Waals surface area contributed by atoms with Gasteiger partial charge in [-0.1, -0.05) is 41.2 Å². The highest BCUT2D eigenvalue weighted by Crippen LogP contribution is 2.32. The van der Waals surface area contributed by atoms with E-state index in [4.69, 9.17) is 4.98 Å². The van der Waals surface area contributed by atoms with Crippen molar-refractivity contribution >= 4 is 44.2 Å². The van der Waals surface area contributed by atoms with Crippen molar-refractivity contribution in [1.29, 1.82) is 0 Å².